The van der Waals surface area contributed by atoms with Gasteiger partial charge in [0, 0.05) is 14.5 Å². The first-order valence-electron chi connectivity index (χ1n) is 6.67. The lowest BCUT2D eigenvalue weighted by molar-refractivity contribution is 0.396. The minimum Gasteiger partial charge on any atom is -0.419 e. The van der Waals surface area contributed by atoms with Gasteiger partial charge in [-0.1, -0.05) is 45.7 Å². The second-order valence-corrected chi connectivity index (χ2v) is 6.35. The van der Waals surface area contributed by atoms with Crippen molar-refractivity contribution in [2.24, 2.45) is 0 Å². The molecule has 1 atom stereocenters. The SMILES string of the molecule is CCCNC(CC)c1nnc(-c2cc(Br)cc(Br)c2)o1. The normalized spacial score (nSPS) is 12.6. The maximum Gasteiger partial charge on any atom is 0.247 e. The summed E-state index contributed by atoms with van der Waals surface area (Å²) in [6, 6.07) is 6.01. The largest absolute Gasteiger partial charge is 0.419 e. The molecule has 0 saturated carbocycles. The number of nitrogens with zero attached hydrogens (tertiary/aromatic N) is 2. The minimum atomic E-state index is 0.117. The Bertz CT molecular complexity index is 551. The number of aromatic nitrogens is 2. The smallest absolute Gasteiger partial charge is 0.247 e. The monoisotopic (exact) mass is 401 g/mol. The van der Waals surface area contributed by atoms with E-state index < -0.39 is 0 Å². The number of nitrogens with one attached hydrogen (secondary N) is 1. The van der Waals surface area contributed by atoms with E-state index in [0.717, 1.165) is 33.9 Å². The summed E-state index contributed by atoms with van der Waals surface area (Å²) >= 11 is 6.92. The molecule has 2 aromatic rings. The van der Waals surface area contributed by atoms with Gasteiger partial charge in [0.1, 0.15) is 0 Å². The molecule has 0 aliphatic carbocycles. The Morgan fingerprint density at radius 3 is 2.45 bits per heavy atom. The molecule has 108 valence electrons. The van der Waals surface area contributed by atoms with Crippen LogP contribution in [0.3, 0.4) is 0 Å². The van der Waals surface area contributed by atoms with Crippen LogP contribution in [0.4, 0.5) is 0 Å². The highest BCUT2D eigenvalue weighted by atomic mass is 79.9. The average molecular weight is 403 g/mol. The molecule has 0 saturated heterocycles. The van der Waals surface area contributed by atoms with Crippen LogP contribution < -0.4 is 5.32 Å². The number of hydrogen-bond donors (Lipinski definition) is 1. The van der Waals surface area contributed by atoms with Gasteiger partial charge in [-0.05, 0) is 37.6 Å². The van der Waals surface area contributed by atoms with Crippen LogP contribution >= 0.6 is 31.9 Å². The van der Waals surface area contributed by atoms with Crippen LogP contribution in [-0.4, -0.2) is 16.7 Å². The van der Waals surface area contributed by atoms with E-state index in [4.69, 9.17) is 4.42 Å². The molecule has 1 N–H and O–H groups in total. The van der Waals surface area contributed by atoms with E-state index in [9.17, 15) is 0 Å². The average Bonchev–Trinajstić information content (AvgIpc) is 2.88. The third-order valence-corrected chi connectivity index (χ3v) is 3.81. The lowest BCUT2D eigenvalue weighted by Gasteiger charge is -2.11. The summed E-state index contributed by atoms with van der Waals surface area (Å²) in [7, 11) is 0. The molecule has 1 aromatic carbocycles. The molecule has 0 amide bonds. The van der Waals surface area contributed by atoms with Crippen LogP contribution in [0.15, 0.2) is 31.6 Å². The van der Waals surface area contributed by atoms with E-state index in [0.29, 0.717) is 11.8 Å². The fourth-order valence-electron chi connectivity index (χ4n) is 1.89. The Balaban J connectivity index is 2.23. The number of benzene rings is 1. The molecule has 0 aliphatic heterocycles. The minimum absolute atomic E-state index is 0.117. The fourth-order valence-corrected chi connectivity index (χ4v) is 3.19. The second kappa shape index (κ2) is 7.33. The molecular weight excluding hydrogens is 386 g/mol. The topological polar surface area (TPSA) is 51.0 Å². The Hall–Kier alpha value is -0.720. The second-order valence-electron chi connectivity index (χ2n) is 4.52. The van der Waals surface area contributed by atoms with Gasteiger partial charge in [-0.15, -0.1) is 10.2 Å². The zero-order valence-corrected chi connectivity index (χ0v) is 14.7. The lowest BCUT2D eigenvalue weighted by Crippen LogP contribution is -2.21. The summed E-state index contributed by atoms with van der Waals surface area (Å²) in [4.78, 5) is 0. The van der Waals surface area contributed by atoms with Crippen molar-refractivity contribution in [2.75, 3.05) is 6.54 Å². The van der Waals surface area contributed by atoms with E-state index >= 15 is 0 Å². The van der Waals surface area contributed by atoms with E-state index in [-0.39, 0.29) is 6.04 Å². The van der Waals surface area contributed by atoms with Crippen LogP contribution in [0.5, 0.6) is 0 Å². The highest BCUT2D eigenvalue weighted by Gasteiger charge is 2.17. The highest BCUT2D eigenvalue weighted by Crippen LogP contribution is 2.28. The molecule has 0 spiro atoms. The van der Waals surface area contributed by atoms with Gasteiger partial charge < -0.3 is 9.73 Å². The standard InChI is InChI=1S/C14H17Br2N3O/c1-3-5-17-12(4-2)14-19-18-13(20-14)9-6-10(15)8-11(16)7-9/h6-8,12,17H,3-5H2,1-2H3. The Morgan fingerprint density at radius 2 is 1.85 bits per heavy atom. The third-order valence-electron chi connectivity index (χ3n) is 2.90. The van der Waals surface area contributed by atoms with Gasteiger partial charge >= 0.3 is 0 Å². The van der Waals surface area contributed by atoms with Crippen LogP contribution in [-0.2, 0) is 0 Å². The molecule has 1 heterocycles. The predicted molar refractivity (Wildman–Crippen MR) is 86.5 cm³/mol. The fraction of sp³-hybridized carbons (Fsp3) is 0.429. The molecule has 20 heavy (non-hydrogen) atoms. The quantitative estimate of drug-likeness (QED) is 0.759. The first-order valence-corrected chi connectivity index (χ1v) is 8.25. The van der Waals surface area contributed by atoms with Crippen LogP contribution in [0, 0.1) is 0 Å². The Kier molecular flexibility index (Phi) is 5.74. The first-order chi connectivity index (χ1) is 9.63. The van der Waals surface area contributed by atoms with Crippen molar-refractivity contribution < 1.29 is 4.42 Å². The third kappa shape index (κ3) is 3.90. The summed E-state index contributed by atoms with van der Waals surface area (Å²) in [6.07, 6.45) is 2.00. The first kappa shape index (κ1) is 15.7. The molecule has 0 bridgehead atoms. The molecule has 4 nitrogen and oxygen atoms in total. The molecule has 0 fully saturated rings. The zero-order valence-electron chi connectivity index (χ0n) is 11.5. The van der Waals surface area contributed by atoms with Crippen molar-refractivity contribution >= 4 is 31.9 Å². The highest BCUT2D eigenvalue weighted by molar-refractivity contribution is 9.11. The number of hydrogen-bond acceptors (Lipinski definition) is 4. The summed E-state index contributed by atoms with van der Waals surface area (Å²) in [6.45, 7) is 5.18. The van der Waals surface area contributed by atoms with Crippen molar-refractivity contribution in [3.8, 4) is 11.5 Å². The van der Waals surface area contributed by atoms with Gasteiger partial charge in [0.25, 0.3) is 0 Å². The van der Waals surface area contributed by atoms with Crippen LogP contribution in [0.1, 0.15) is 38.6 Å². The van der Waals surface area contributed by atoms with Gasteiger partial charge in [-0.3, -0.25) is 0 Å². The Labute approximate surface area is 135 Å². The van der Waals surface area contributed by atoms with Crippen LogP contribution in [0.2, 0.25) is 0 Å². The number of rotatable bonds is 6. The van der Waals surface area contributed by atoms with Gasteiger partial charge in [-0.25, -0.2) is 0 Å². The molecule has 0 aliphatic rings. The number of halogens is 2. The van der Waals surface area contributed by atoms with Crippen molar-refractivity contribution in [3.63, 3.8) is 0 Å². The maximum absolute atomic E-state index is 5.80. The zero-order chi connectivity index (χ0) is 14.5. The summed E-state index contributed by atoms with van der Waals surface area (Å²) in [5.74, 6) is 1.19. The van der Waals surface area contributed by atoms with Crippen LogP contribution in [0.25, 0.3) is 11.5 Å². The van der Waals surface area contributed by atoms with E-state index in [1.54, 1.807) is 0 Å². The summed E-state index contributed by atoms with van der Waals surface area (Å²) in [5.41, 5.74) is 0.898. The van der Waals surface area contributed by atoms with Crippen molar-refractivity contribution in [1.29, 1.82) is 0 Å². The Morgan fingerprint density at radius 1 is 1.15 bits per heavy atom. The molecule has 1 unspecified atom stereocenters. The summed E-state index contributed by atoms with van der Waals surface area (Å²) in [5, 5.41) is 11.7. The van der Waals surface area contributed by atoms with Gasteiger partial charge in [0.2, 0.25) is 11.8 Å². The van der Waals surface area contributed by atoms with Crippen molar-refractivity contribution in [1.82, 2.24) is 15.5 Å². The molecule has 1 aromatic heterocycles. The summed E-state index contributed by atoms with van der Waals surface area (Å²) < 4.78 is 7.74. The van der Waals surface area contributed by atoms with Gasteiger partial charge in [-0.2, -0.15) is 0 Å². The molecule has 2 rings (SSSR count). The molecular formula is C14H17Br2N3O. The maximum atomic E-state index is 5.80. The predicted octanol–water partition coefficient (Wildman–Crippen LogP) is 4.71. The van der Waals surface area contributed by atoms with Crippen molar-refractivity contribution in [2.45, 2.75) is 32.7 Å². The van der Waals surface area contributed by atoms with Gasteiger partial charge in [0.05, 0.1) is 6.04 Å². The molecule has 0 radical (unpaired) electrons. The van der Waals surface area contributed by atoms with E-state index in [1.165, 1.54) is 0 Å². The lowest BCUT2D eigenvalue weighted by atomic mass is 10.2. The van der Waals surface area contributed by atoms with E-state index in [2.05, 4.69) is 61.2 Å². The van der Waals surface area contributed by atoms with Crippen molar-refractivity contribution in [3.05, 3.63) is 33.0 Å². The van der Waals surface area contributed by atoms with Gasteiger partial charge in [0.15, 0.2) is 0 Å². The molecule has 6 heteroatoms. The van der Waals surface area contributed by atoms with E-state index in [1.807, 2.05) is 18.2 Å².